The molecule has 1 heterocycles. The minimum atomic E-state index is -1.34. The number of nitrogens with zero attached hydrogens (tertiary/aromatic N) is 1. The summed E-state index contributed by atoms with van der Waals surface area (Å²) < 4.78 is 13.2. The molecule has 0 saturated carbocycles. The number of pyridine rings is 1. The van der Waals surface area contributed by atoms with Gasteiger partial charge >= 0.3 is 0 Å². The van der Waals surface area contributed by atoms with Gasteiger partial charge in [-0.2, -0.15) is 4.39 Å². The Hall–Kier alpha value is -0.750. The molecule has 1 aromatic heterocycles. The maximum atomic E-state index is 13.2. The van der Waals surface area contributed by atoms with Crippen molar-refractivity contribution in [1.29, 1.82) is 0 Å². The Bertz CT molecular complexity index is 338. The number of aliphatic hydroxyl groups is 2. The number of rotatable bonds is 4. The molecule has 0 aliphatic rings. The molecule has 1 rings (SSSR count). The topological polar surface area (TPSA) is 65.4 Å². The van der Waals surface area contributed by atoms with E-state index in [0.717, 1.165) is 6.20 Å². The molecule has 3 N–H and O–H groups in total. The van der Waals surface area contributed by atoms with E-state index in [0.29, 0.717) is 0 Å². The van der Waals surface area contributed by atoms with Gasteiger partial charge in [-0.05, 0) is 13.1 Å². The van der Waals surface area contributed by atoms with Crippen LogP contribution >= 0.6 is 11.6 Å². The molecule has 1 aromatic rings. The largest absolute Gasteiger partial charge is 0.389 e. The molecule has 0 aliphatic heterocycles. The zero-order valence-corrected chi connectivity index (χ0v) is 8.87. The number of aliphatic hydroxyl groups excluding tert-OH is 2. The summed E-state index contributed by atoms with van der Waals surface area (Å²) >= 11 is 5.61. The smallest absolute Gasteiger partial charge is 0.218 e. The van der Waals surface area contributed by atoms with E-state index in [2.05, 4.69) is 10.3 Å². The third-order valence-electron chi connectivity index (χ3n) is 1.93. The van der Waals surface area contributed by atoms with Crippen LogP contribution < -0.4 is 5.32 Å². The summed E-state index contributed by atoms with van der Waals surface area (Å²) in [5.74, 6) is -0.831. The molecule has 0 fully saturated rings. The first-order chi connectivity index (χ1) is 7.06. The highest BCUT2D eigenvalue weighted by atomic mass is 35.5. The van der Waals surface area contributed by atoms with Crippen LogP contribution in [0.1, 0.15) is 11.7 Å². The Balaban J connectivity index is 2.89. The lowest BCUT2D eigenvalue weighted by molar-refractivity contribution is 0.0177. The normalized spacial score (nSPS) is 15.0. The van der Waals surface area contributed by atoms with Gasteiger partial charge in [-0.25, -0.2) is 4.98 Å². The van der Waals surface area contributed by atoms with Gasteiger partial charge in [0.05, 0.1) is 11.1 Å². The van der Waals surface area contributed by atoms with Crippen LogP contribution in [0.15, 0.2) is 12.3 Å². The quantitative estimate of drug-likeness (QED) is 0.664. The second-order valence-corrected chi connectivity index (χ2v) is 3.54. The van der Waals surface area contributed by atoms with Gasteiger partial charge in [0.1, 0.15) is 6.10 Å². The fourth-order valence-corrected chi connectivity index (χ4v) is 1.34. The van der Waals surface area contributed by atoms with E-state index < -0.39 is 18.2 Å². The Morgan fingerprint density at radius 3 is 2.87 bits per heavy atom. The van der Waals surface area contributed by atoms with Crippen LogP contribution in [0.3, 0.4) is 0 Å². The van der Waals surface area contributed by atoms with E-state index in [-0.39, 0.29) is 17.1 Å². The molecule has 0 saturated heterocycles. The highest BCUT2D eigenvalue weighted by molar-refractivity contribution is 6.30. The molecular weight excluding hydrogens is 223 g/mol. The molecule has 6 heteroatoms. The lowest BCUT2D eigenvalue weighted by atomic mass is 10.1. The number of nitrogens with one attached hydrogen (secondary N) is 1. The van der Waals surface area contributed by atoms with E-state index in [9.17, 15) is 14.6 Å². The minimum absolute atomic E-state index is 0.106. The average molecular weight is 235 g/mol. The molecule has 0 bridgehead atoms. The molecule has 15 heavy (non-hydrogen) atoms. The van der Waals surface area contributed by atoms with Crippen LogP contribution in [0.5, 0.6) is 0 Å². The third-order valence-corrected chi connectivity index (χ3v) is 2.14. The van der Waals surface area contributed by atoms with E-state index in [1.165, 1.54) is 6.07 Å². The molecule has 2 atom stereocenters. The van der Waals surface area contributed by atoms with Crippen molar-refractivity contribution in [3.63, 3.8) is 0 Å². The molecule has 0 aromatic carbocycles. The monoisotopic (exact) mass is 234 g/mol. The van der Waals surface area contributed by atoms with Gasteiger partial charge in [0.15, 0.2) is 0 Å². The van der Waals surface area contributed by atoms with Crippen molar-refractivity contribution in [1.82, 2.24) is 10.3 Å². The Morgan fingerprint density at radius 2 is 2.27 bits per heavy atom. The van der Waals surface area contributed by atoms with Crippen molar-refractivity contribution in [2.24, 2.45) is 0 Å². The molecule has 0 radical (unpaired) electrons. The van der Waals surface area contributed by atoms with Crippen LogP contribution in [0, 0.1) is 5.95 Å². The molecule has 0 spiro atoms. The van der Waals surface area contributed by atoms with Gasteiger partial charge in [-0.15, -0.1) is 0 Å². The SMILES string of the molecule is CNCC(O)C(O)c1cc(Cl)cnc1F. The van der Waals surface area contributed by atoms with Crippen molar-refractivity contribution in [2.45, 2.75) is 12.2 Å². The first-order valence-electron chi connectivity index (χ1n) is 4.38. The zero-order valence-electron chi connectivity index (χ0n) is 8.11. The molecule has 84 valence electrons. The van der Waals surface area contributed by atoms with Gasteiger partial charge < -0.3 is 15.5 Å². The van der Waals surface area contributed by atoms with Crippen molar-refractivity contribution >= 4 is 11.6 Å². The first-order valence-corrected chi connectivity index (χ1v) is 4.75. The van der Waals surface area contributed by atoms with Gasteiger partial charge in [0.25, 0.3) is 0 Å². The van der Waals surface area contributed by atoms with Crippen molar-refractivity contribution in [2.75, 3.05) is 13.6 Å². The predicted octanol–water partition coefficient (Wildman–Crippen LogP) is 0.488. The van der Waals surface area contributed by atoms with Gasteiger partial charge in [0.2, 0.25) is 5.95 Å². The Kier molecular flexibility index (Phi) is 4.41. The predicted molar refractivity (Wildman–Crippen MR) is 54.1 cm³/mol. The number of likely N-dealkylation sites (N-methyl/N-ethyl adjacent to an activating group) is 1. The fraction of sp³-hybridized carbons (Fsp3) is 0.444. The second-order valence-electron chi connectivity index (χ2n) is 3.10. The molecule has 0 amide bonds. The van der Waals surface area contributed by atoms with E-state index in [4.69, 9.17) is 11.6 Å². The van der Waals surface area contributed by atoms with Gasteiger partial charge in [0, 0.05) is 18.3 Å². The van der Waals surface area contributed by atoms with Crippen LogP contribution in [-0.4, -0.2) is 34.9 Å². The maximum absolute atomic E-state index is 13.2. The minimum Gasteiger partial charge on any atom is -0.389 e. The lowest BCUT2D eigenvalue weighted by Gasteiger charge is -2.17. The highest BCUT2D eigenvalue weighted by Crippen LogP contribution is 2.21. The van der Waals surface area contributed by atoms with Crippen molar-refractivity contribution < 1.29 is 14.6 Å². The van der Waals surface area contributed by atoms with E-state index >= 15 is 0 Å². The van der Waals surface area contributed by atoms with Gasteiger partial charge in [-0.1, -0.05) is 11.6 Å². The summed E-state index contributed by atoms with van der Waals surface area (Å²) in [7, 11) is 1.61. The molecule has 4 nitrogen and oxygen atoms in total. The van der Waals surface area contributed by atoms with E-state index in [1.807, 2.05) is 0 Å². The second kappa shape index (κ2) is 5.37. The lowest BCUT2D eigenvalue weighted by Crippen LogP contribution is -2.30. The Labute approximate surface area is 91.7 Å². The number of aromatic nitrogens is 1. The Morgan fingerprint density at radius 1 is 1.60 bits per heavy atom. The summed E-state index contributed by atoms with van der Waals surface area (Å²) in [4.78, 5) is 3.35. The van der Waals surface area contributed by atoms with Crippen LogP contribution in [-0.2, 0) is 0 Å². The molecule has 2 unspecified atom stereocenters. The zero-order chi connectivity index (χ0) is 11.4. The number of hydrogen-bond acceptors (Lipinski definition) is 4. The standard InChI is InChI=1S/C9H12ClFN2O2/c1-12-4-7(14)8(15)6-2-5(10)3-13-9(6)11/h2-3,7-8,12,14-15H,4H2,1H3. The van der Waals surface area contributed by atoms with Crippen LogP contribution in [0.4, 0.5) is 4.39 Å². The summed E-state index contributed by atoms with van der Waals surface area (Å²) in [6.07, 6.45) is -1.31. The van der Waals surface area contributed by atoms with Crippen molar-refractivity contribution in [3.05, 3.63) is 28.8 Å². The summed E-state index contributed by atoms with van der Waals surface area (Å²) in [5, 5.41) is 21.9. The maximum Gasteiger partial charge on any atom is 0.218 e. The molecular formula is C9H12ClFN2O2. The first kappa shape index (κ1) is 12.3. The number of hydrogen-bond donors (Lipinski definition) is 3. The van der Waals surface area contributed by atoms with Gasteiger partial charge in [-0.3, -0.25) is 0 Å². The summed E-state index contributed by atoms with van der Waals surface area (Å²) in [5.41, 5.74) is -0.106. The summed E-state index contributed by atoms with van der Waals surface area (Å²) in [6, 6.07) is 1.24. The average Bonchev–Trinajstić information content (AvgIpc) is 2.21. The van der Waals surface area contributed by atoms with E-state index in [1.54, 1.807) is 7.05 Å². The third kappa shape index (κ3) is 3.10. The molecule has 0 aliphatic carbocycles. The van der Waals surface area contributed by atoms with Crippen LogP contribution in [0.25, 0.3) is 0 Å². The van der Waals surface area contributed by atoms with Crippen molar-refractivity contribution in [3.8, 4) is 0 Å². The highest BCUT2D eigenvalue weighted by Gasteiger charge is 2.21. The fourth-order valence-electron chi connectivity index (χ4n) is 1.17. The number of halogens is 2. The van der Waals surface area contributed by atoms with Crippen LogP contribution in [0.2, 0.25) is 5.02 Å². The summed E-state index contributed by atoms with van der Waals surface area (Å²) in [6.45, 7) is 0.146.